The molecule has 0 bridgehead atoms. The first-order chi connectivity index (χ1) is 8.00. The van der Waals surface area contributed by atoms with E-state index in [2.05, 4.69) is 4.99 Å². The zero-order valence-corrected chi connectivity index (χ0v) is 13.4. The summed E-state index contributed by atoms with van der Waals surface area (Å²) in [5.74, 6) is 0.361. The van der Waals surface area contributed by atoms with Crippen LogP contribution in [-0.2, 0) is 0 Å². The van der Waals surface area contributed by atoms with E-state index in [9.17, 15) is 0 Å². The Balaban J connectivity index is 0.00000162. The fraction of sp³-hybridized carbons (Fsp3) is 0.182. The molecule has 1 aliphatic heterocycles. The molecule has 1 aromatic carbocycles. The average Bonchev–Trinajstić information content (AvgIpc) is 2.28. The van der Waals surface area contributed by atoms with E-state index in [1.807, 2.05) is 25.4 Å². The molecule has 0 fully saturated rings. The van der Waals surface area contributed by atoms with E-state index < -0.39 is 6.29 Å². The number of halogens is 3. The maximum Gasteiger partial charge on any atom is 0.175 e. The van der Waals surface area contributed by atoms with Crippen molar-refractivity contribution in [3.8, 4) is 0 Å². The molecule has 0 aliphatic carbocycles. The highest BCUT2D eigenvalue weighted by molar-refractivity contribution is 14.0. The van der Waals surface area contributed by atoms with Gasteiger partial charge in [0.2, 0.25) is 0 Å². The molecule has 98 valence electrons. The molecule has 1 unspecified atom stereocenters. The predicted octanol–water partition coefficient (Wildman–Crippen LogP) is 2.50. The first-order valence-electron chi connectivity index (χ1n) is 4.98. The Morgan fingerprint density at radius 3 is 2.67 bits per heavy atom. The quantitative estimate of drug-likeness (QED) is 0.714. The van der Waals surface area contributed by atoms with Gasteiger partial charge in [-0.25, -0.2) is 4.99 Å². The summed E-state index contributed by atoms with van der Waals surface area (Å²) >= 11 is 12.1. The number of amidine groups is 1. The summed E-state index contributed by atoms with van der Waals surface area (Å²) in [5.41, 5.74) is 13.1. The van der Waals surface area contributed by atoms with Crippen molar-refractivity contribution in [3.63, 3.8) is 0 Å². The van der Waals surface area contributed by atoms with Crippen LogP contribution in [0.5, 0.6) is 0 Å². The van der Waals surface area contributed by atoms with Crippen molar-refractivity contribution in [2.45, 2.75) is 6.29 Å². The highest BCUT2D eigenvalue weighted by atomic mass is 127. The monoisotopic (exact) mass is 398 g/mol. The van der Waals surface area contributed by atoms with Crippen LogP contribution in [0, 0.1) is 0 Å². The highest BCUT2D eigenvalue weighted by Crippen LogP contribution is 2.31. The molecule has 1 aliphatic rings. The maximum atomic E-state index is 6.14. The van der Waals surface area contributed by atoms with Gasteiger partial charge in [0.1, 0.15) is 5.84 Å². The Kier molecular flexibility index (Phi) is 5.27. The van der Waals surface area contributed by atoms with Gasteiger partial charge in [-0.3, -0.25) is 5.73 Å². The number of nitrogens with zero attached hydrogens (tertiary/aromatic N) is 2. The zero-order chi connectivity index (χ0) is 12.6. The lowest BCUT2D eigenvalue weighted by Crippen LogP contribution is -2.39. The van der Waals surface area contributed by atoms with E-state index in [0.717, 1.165) is 11.1 Å². The molecule has 2 rings (SSSR count). The van der Waals surface area contributed by atoms with Gasteiger partial charge in [-0.1, -0.05) is 35.3 Å². The number of aliphatic imine (C=N–C) groups is 1. The molecule has 1 heterocycles. The van der Waals surface area contributed by atoms with Crippen LogP contribution in [0.2, 0.25) is 10.0 Å². The maximum absolute atomic E-state index is 6.14. The minimum absolute atomic E-state index is 0. The summed E-state index contributed by atoms with van der Waals surface area (Å²) in [6.07, 6.45) is 1.35. The Labute approximate surface area is 133 Å². The summed E-state index contributed by atoms with van der Waals surface area (Å²) in [4.78, 5) is 5.87. The van der Waals surface area contributed by atoms with Crippen molar-refractivity contribution in [1.82, 2.24) is 4.90 Å². The Bertz CT molecular complexity index is 516. The molecule has 0 saturated carbocycles. The second kappa shape index (κ2) is 6.10. The van der Waals surface area contributed by atoms with Gasteiger partial charge in [0.25, 0.3) is 0 Å². The van der Waals surface area contributed by atoms with E-state index in [0.29, 0.717) is 15.9 Å². The molecule has 18 heavy (non-hydrogen) atoms. The summed E-state index contributed by atoms with van der Waals surface area (Å²) in [7, 11) is 1.82. The van der Waals surface area contributed by atoms with Gasteiger partial charge in [0.05, 0.1) is 10.0 Å². The van der Waals surface area contributed by atoms with Gasteiger partial charge in [-0.15, -0.1) is 24.0 Å². The van der Waals surface area contributed by atoms with Gasteiger partial charge < -0.3 is 10.6 Å². The summed E-state index contributed by atoms with van der Waals surface area (Å²) in [6.45, 7) is 0. The molecule has 0 aromatic heterocycles. The molecule has 0 radical (unpaired) electrons. The van der Waals surface area contributed by atoms with Crippen molar-refractivity contribution in [1.29, 1.82) is 0 Å². The molecular formula is C11H13Cl2IN4. The summed E-state index contributed by atoms with van der Waals surface area (Å²) < 4.78 is 0. The number of hydrogen-bond donors (Lipinski definition) is 2. The van der Waals surface area contributed by atoms with Crippen LogP contribution in [0.15, 0.2) is 29.4 Å². The molecular weight excluding hydrogens is 386 g/mol. The van der Waals surface area contributed by atoms with Gasteiger partial charge in [-0.05, 0) is 6.07 Å². The third kappa shape index (κ3) is 2.90. The molecule has 4 N–H and O–H groups in total. The molecule has 7 heteroatoms. The average molecular weight is 399 g/mol. The van der Waals surface area contributed by atoms with E-state index in [1.165, 1.54) is 0 Å². The Morgan fingerprint density at radius 2 is 2.00 bits per heavy atom. The summed E-state index contributed by atoms with van der Waals surface area (Å²) in [6, 6.07) is 5.37. The largest absolute Gasteiger partial charge is 0.383 e. The van der Waals surface area contributed by atoms with Crippen LogP contribution in [0.4, 0.5) is 0 Å². The molecule has 0 spiro atoms. The normalized spacial score (nSPS) is 18.9. The van der Waals surface area contributed by atoms with Gasteiger partial charge in [0.15, 0.2) is 6.29 Å². The van der Waals surface area contributed by atoms with Crippen molar-refractivity contribution >= 4 is 58.6 Å². The van der Waals surface area contributed by atoms with Crippen LogP contribution in [0.1, 0.15) is 5.56 Å². The van der Waals surface area contributed by atoms with Gasteiger partial charge in [0, 0.05) is 24.4 Å². The lowest BCUT2D eigenvalue weighted by atomic mass is 10.1. The first-order valence-corrected chi connectivity index (χ1v) is 5.73. The van der Waals surface area contributed by atoms with E-state index in [4.69, 9.17) is 34.7 Å². The van der Waals surface area contributed by atoms with Crippen LogP contribution in [0.3, 0.4) is 0 Å². The molecule has 0 saturated heterocycles. The minimum Gasteiger partial charge on any atom is -0.383 e. The molecule has 4 nitrogen and oxygen atoms in total. The zero-order valence-electron chi connectivity index (χ0n) is 9.60. The third-order valence-electron chi connectivity index (χ3n) is 2.54. The Hall–Kier alpha value is -0.500. The predicted molar refractivity (Wildman–Crippen MR) is 87.2 cm³/mol. The fourth-order valence-electron chi connectivity index (χ4n) is 1.57. The molecule has 1 atom stereocenters. The smallest absolute Gasteiger partial charge is 0.175 e. The van der Waals surface area contributed by atoms with E-state index in [-0.39, 0.29) is 24.0 Å². The van der Waals surface area contributed by atoms with E-state index in [1.54, 1.807) is 11.0 Å². The fourth-order valence-corrected chi connectivity index (χ4v) is 1.97. The third-order valence-corrected chi connectivity index (χ3v) is 3.36. The van der Waals surface area contributed by atoms with Gasteiger partial charge >= 0.3 is 0 Å². The number of hydrogen-bond acceptors (Lipinski definition) is 4. The van der Waals surface area contributed by atoms with E-state index >= 15 is 0 Å². The lowest BCUT2D eigenvalue weighted by Gasteiger charge is -2.26. The second-order valence-corrected chi connectivity index (χ2v) is 4.52. The number of rotatable bonds is 1. The van der Waals surface area contributed by atoms with Crippen LogP contribution in [0.25, 0.3) is 5.57 Å². The van der Waals surface area contributed by atoms with Crippen molar-refractivity contribution in [2.24, 2.45) is 16.5 Å². The lowest BCUT2D eigenvalue weighted by molar-refractivity contribution is 0.345. The number of benzene rings is 1. The van der Waals surface area contributed by atoms with Gasteiger partial charge in [-0.2, -0.15) is 0 Å². The number of nitrogens with two attached hydrogens (primary N) is 2. The van der Waals surface area contributed by atoms with Crippen molar-refractivity contribution < 1.29 is 0 Å². The highest BCUT2D eigenvalue weighted by Gasteiger charge is 2.19. The summed E-state index contributed by atoms with van der Waals surface area (Å²) in [5, 5.41) is 0.942. The van der Waals surface area contributed by atoms with Crippen molar-refractivity contribution in [3.05, 3.63) is 40.0 Å². The topological polar surface area (TPSA) is 67.6 Å². The van der Waals surface area contributed by atoms with Crippen LogP contribution in [-0.4, -0.2) is 24.1 Å². The standard InChI is InChI=1S/C11H12Cl2N4.HI/c1-17-5-7(10(14)16-11(17)15)6-3-2-4-8(12)9(6)13;/h2-5,11H,15H2,1H3,(H2,14,16);1H. The molecule has 1 aromatic rings. The minimum atomic E-state index is -0.461. The SMILES string of the molecule is CN1C=C(c2cccc(Cl)c2Cl)C(N)=NC1N.I. The Morgan fingerprint density at radius 1 is 1.33 bits per heavy atom. The van der Waals surface area contributed by atoms with Crippen LogP contribution >= 0.6 is 47.2 Å². The molecule has 0 amide bonds. The first kappa shape index (κ1) is 15.6. The van der Waals surface area contributed by atoms with Crippen LogP contribution < -0.4 is 11.5 Å². The second-order valence-electron chi connectivity index (χ2n) is 3.74. The van der Waals surface area contributed by atoms with Crippen molar-refractivity contribution in [2.75, 3.05) is 7.05 Å².